The van der Waals surface area contributed by atoms with Gasteiger partial charge in [0.2, 0.25) is 0 Å². The maximum absolute atomic E-state index is 13.2. The van der Waals surface area contributed by atoms with E-state index in [-0.39, 0.29) is 25.7 Å². The summed E-state index contributed by atoms with van der Waals surface area (Å²) in [5.41, 5.74) is 0. The van der Waals surface area contributed by atoms with E-state index >= 15 is 0 Å². The molecule has 5 atom stereocenters. The summed E-state index contributed by atoms with van der Waals surface area (Å²) in [6.07, 6.45) is 72.6. The summed E-state index contributed by atoms with van der Waals surface area (Å²) in [6.45, 7) is 9.61. The van der Waals surface area contributed by atoms with E-state index in [0.717, 1.165) is 102 Å². The van der Waals surface area contributed by atoms with E-state index in [1.807, 2.05) is 0 Å². The molecule has 0 rings (SSSR count). The molecule has 0 aromatic carbocycles. The van der Waals surface area contributed by atoms with Crippen LogP contribution in [0.4, 0.5) is 0 Å². The molecule has 0 heterocycles. The highest BCUT2D eigenvalue weighted by atomic mass is 31.2. The van der Waals surface area contributed by atoms with Crippen LogP contribution in [0, 0.1) is 11.8 Å². The summed E-state index contributed by atoms with van der Waals surface area (Å²) in [7, 11) is -9.93. The molecule has 0 saturated carbocycles. The predicted octanol–water partition coefficient (Wildman–Crippen LogP) is 27.0. The lowest BCUT2D eigenvalue weighted by Gasteiger charge is -2.21. The van der Waals surface area contributed by atoms with Crippen LogP contribution in [-0.2, 0) is 65.4 Å². The second-order valence-electron chi connectivity index (χ2n) is 32.6. The molecule has 0 aliphatic heterocycles. The molecule has 0 aromatic rings. The van der Waals surface area contributed by atoms with E-state index < -0.39 is 97.5 Å². The molecular formula is C88H172O17P2. The molecule has 107 heavy (non-hydrogen) atoms. The summed E-state index contributed by atoms with van der Waals surface area (Å²) in [6, 6.07) is 0. The number of ether oxygens (including phenoxy) is 4. The van der Waals surface area contributed by atoms with Gasteiger partial charge in [0.25, 0.3) is 0 Å². The van der Waals surface area contributed by atoms with E-state index in [1.165, 1.54) is 283 Å². The molecule has 0 saturated heterocycles. The van der Waals surface area contributed by atoms with Crippen molar-refractivity contribution in [1.29, 1.82) is 0 Å². The Morgan fingerprint density at radius 2 is 0.430 bits per heavy atom. The third-order valence-electron chi connectivity index (χ3n) is 20.7. The fourth-order valence-electron chi connectivity index (χ4n) is 13.8. The van der Waals surface area contributed by atoms with Crippen molar-refractivity contribution in [3.8, 4) is 0 Å². The van der Waals surface area contributed by atoms with Crippen LogP contribution in [0.15, 0.2) is 0 Å². The van der Waals surface area contributed by atoms with Crippen molar-refractivity contribution >= 4 is 39.5 Å². The fraction of sp³-hybridized carbons (Fsp3) is 0.955. The minimum atomic E-state index is -4.97. The zero-order valence-electron chi connectivity index (χ0n) is 70.5. The van der Waals surface area contributed by atoms with Gasteiger partial charge in [-0.1, -0.05) is 420 Å². The average molecular weight is 1560 g/mol. The highest BCUT2D eigenvalue weighted by molar-refractivity contribution is 7.47. The lowest BCUT2D eigenvalue weighted by Crippen LogP contribution is -2.30. The average Bonchev–Trinajstić information content (AvgIpc) is 0.902. The fourth-order valence-corrected chi connectivity index (χ4v) is 15.4. The van der Waals surface area contributed by atoms with Crippen molar-refractivity contribution < 1.29 is 80.2 Å². The van der Waals surface area contributed by atoms with Gasteiger partial charge in [0.1, 0.15) is 19.3 Å². The van der Waals surface area contributed by atoms with Gasteiger partial charge in [-0.25, -0.2) is 9.13 Å². The Labute approximate surface area is 658 Å². The van der Waals surface area contributed by atoms with Gasteiger partial charge in [0, 0.05) is 25.7 Å². The highest BCUT2D eigenvalue weighted by Crippen LogP contribution is 2.45. The molecule has 2 unspecified atom stereocenters. The number of hydrogen-bond acceptors (Lipinski definition) is 15. The maximum Gasteiger partial charge on any atom is 0.472 e. The monoisotopic (exact) mass is 1560 g/mol. The van der Waals surface area contributed by atoms with Crippen molar-refractivity contribution in [3.05, 3.63) is 0 Å². The Morgan fingerprint density at radius 1 is 0.252 bits per heavy atom. The largest absolute Gasteiger partial charge is 0.472 e. The van der Waals surface area contributed by atoms with Gasteiger partial charge in [-0.05, 0) is 37.5 Å². The minimum absolute atomic E-state index is 0.106. The third kappa shape index (κ3) is 81.9. The molecule has 0 radical (unpaired) electrons. The summed E-state index contributed by atoms with van der Waals surface area (Å²) < 4.78 is 68.9. The molecule has 0 bridgehead atoms. The normalized spacial score (nSPS) is 13.8. The van der Waals surface area contributed by atoms with Gasteiger partial charge >= 0.3 is 39.5 Å². The quantitative estimate of drug-likeness (QED) is 0.0222. The Balaban J connectivity index is 5.20. The molecule has 636 valence electrons. The summed E-state index contributed by atoms with van der Waals surface area (Å²) in [5.74, 6) is -0.634. The van der Waals surface area contributed by atoms with Crippen molar-refractivity contribution in [2.45, 2.75) is 490 Å². The Hall–Kier alpha value is -1.94. The molecule has 17 nitrogen and oxygen atoms in total. The first-order valence-corrected chi connectivity index (χ1v) is 48.5. The second-order valence-corrected chi connectivity index (χ2v) is 35.5. The van der Waals surface area contributed by atoms with Crippen LogP contribution in [0.5, 0.6) is 0 Å². The van der Waals surface area contributed by atoms with Crippen LogP contribution < -0.4 is 0 Å². The number of esters is 4. The van der Waals surface area contributed by atoms with E-state index in [4.69, 9.17) is 37.0 Å². The number of hydrogen-bond donors (Lipinski definition) is 3. The number of phosphoric ester groups is 2. The Bertz CT molecular complexity index is 2050. The van der Waals surface area contributed by atoms with Gasteiger partial charge in [0.15, 0.2) is 12.2 Å². The summed E-state index contributed by atoms with van der Waals surface area (Å²) >= 11 is 0. The van der Waals surface area contributed by atoms with E-state index in [0.29, 0.717) is 31.6 Å². The summed E-state index contributed by atoms with van der Waals surface area (Å²) in [5, 5.41) is 10.7. The molecule has 0 aliphatic rings. The van der Waals surface area contributed by atoms with Gasteiger partial charge in [0.05, 0.1) is 26.4 Å². The van der Waals surface area contributed by atoms with Crippen LogP contribution >= 0.6 is 15.6 Å². The zero-order chi connectivity index (χ0) is 78.5. The number of rotatable bonds is 87. The van der Waals surface area contributed by atoms with Crippen LogP contribution in [-0.4, -0.2) is 96.7 Å². The number of carbonyl (C=O) groups excluding carboxylic acids is 4. The second kappa shape index (κ2) is 79.3. The molecule has 19 heteroatoms. The van der Waals surface area contributed by atoms with E-state index in [1.54, 1.807) is 0 Å². The van der Waals surface area contributed by atoms with Gasteiger partial charge in [-0.2, -0.15) is 0 Å². The van der Waals surface area contributed by atoms with Crippen molar-refractivity contribution in [2.24, 2.45) is 11.8 Å². The summed E-state index contributed by atoms with van der Waals surface area (Å²) in [4.78, 5) is 73.2. The predicted molar refractivity (Wildman–Crippen MR) is 442 cm³/mol. The smallest absolute Gasteiger partial charge is 0.462 e. The molecule has 0 aliphatic carbocycles. The molecule has 0 spiro atoms. The molecule has 3 N–H and O–H groups in total. The van der Waals surface area contributed by atoms with Crippen LogP contribution in [0.3, 0.4) is 0 Å². The number of aliphatic hydroxyl groups is 1. The SMILES string of the molecule is CCCCCCCCCCCCCCCCCCCCCCCCC(=O)O[C@H](COC(=O)CCCCCCCCCCCCCCCCCCCCCCC)COP(=O)(O)OC[C@@H](O)COP(=O)(O)OC[C@@H](COC(=O)CCCCCCCCCC(C)C)OC(=O)CCCCCCCCCCCCCC(C)C. The lowest BCUT2D eigenvalue weighted by molar-refractivity contribution is -0.161. The lowest BCUT2D eigenvalue weighted by atomic mass is 10.0. The first kappa shape index (κ1) is 105. The maximum atomic E-state index is 13.2. The van der Waals surface area contributed by atoms with Gasteiger partial charge in [-0.3, -0.25) is 37.3 Å². The topological polar surface area (TPSA) is 237 Å². The Morgan fingerprint density at radius 3 is 0.636 bits per heavy atom. The molecular weight excluding hydrogens is 1390 g/mol. The minimum Gasteiger partial charge on any atom is -0.462 e. The van der Waals surface area contributed by atoms with Gasteiger partial charge < -0.3 is 33.8 Å². The number of unbranched alkanes of at least 4 members (excludes halogenated alkanes) is 57. The third-order valence-corrected chi connectivity index (χ3v) is 22.6. The van der Waals surface area contributed by atoms with Crippen LogP contribution in [0.1, 0.15) is 472 Å². The number of carbonyl (C=O) groups is 4. The first-order chi connectivity index (χ1) is 51.9. The zero-order valence-corrected chi connectivity index (χ0v) is 72.2. The highest BCUT2D eigenvalue weighted by Gasteiger charge is 2.30. The van der Waals surface area contributed by atoms with E-state index in [9.17, 15) is 43.2 Å². The van der Waals surface area contributed by atoms with Crippen molar-refractivity contribution in [2.75, 3.05) is 39.6 Å². The first-order valence-electron chi connectivity index (χ1n) is 45.5. The standard InChI is InChI=1S/C88H172O17P2/c1-7-9-11-13-15-17-19-21-23-25-27-29-31-33-35-37-39-43-47-53-60-66-72-87(92)104-83(76-98-85(90)70-64-58-52-46-42-38-36-34-32-30-28-26-24-22-20-18-16-14-12-10-8-2)78-102-106(94,95)100-74-82(89)75-101-107(96,97)103-79-84(77-99-86(91)71-65-59-55-49-51-57-63-69-81(5)6)105-88(93)73-67-61-54-48-44-40-41-45-50-56-62-68-80(3)4/h80-84,89H,7-79H2,1-6H3,(H,94,95)(H,96,97)/t82-,83-,84-/m1/s1. The van der Waals surface area contributed by atoms with E-state index in [2.05, 4.69) is 41.5 Å². The molecule has 0 amide bonds. The van der Waals surface area contributed by atoms with Crippen LogP contribution in [0.25, 0.3) is 0 Å². The van der Waals surface area contributed by atoms with Crippen LogP contribution in [0.2, 0.25) is 0 Å². The number of aliphatic hydroxyl groups excluding tert-OH is 1. The Kier molecular flexibility index (Phi) is 77.9. The molecule has 0 aromatic heterocycles. The van der Waals surface area contributed by atoms with Gasteiger partial charge in [-0.15, -0.1) is 0 Å². The van der Waals surface area contributed by atoms with Crippen molar-refractivity contribution in [3.63, 3.8) is 0 Å². The number of phosphoric acid groups is 2. The van der Waals surface area contributed by atoms with Crippen molar-refractivity contribution in [1.82, 2.24) is 0 Å². The molecule has 0 fully saturated rings.